The molecule has 3 rings (SSSR count). The molecule has 0 spiro atoms. The molecule has 90 valence electrons. The van der Waals surface area contributed by atoms with Crippen LogP contribution in [0.3, 0.4) is 0 Å². The van der Waals surface area contributed by atoms with E-state index in [1.54, 1.807) is 7.11 Å². The van der Waals surface area contributed by atoms with Gasteiger partial charge >= 0.3 is 0 Å². The maximum Gasteiger partial charge on any atom is 0.130 e. The van der Waals surface area contributed by atoms with Gasteiger partial charge in [-0.15, -0.1) is 0 Å². The Morgan fingerprint density at radius 3 is 2.67 bits per heavy atom. The number of ether oxygens (including phenoxy) is 2. The van der Waals surface area contributed by atoms with Crippen LogP contribution in [0.15, 0.2) is 48.5 Å². The number of methoxy groups -OCH3 is 1. The van der Waals surface area contributed by atoms with Gasteiger partial charge in [0, 0.05) is 11.6 Å². The summed E-state index contributed by atoms with van der Waals surface area (Å²) in [5, 5.41) is 0. The average molecular weight is 238 g/mol. The monoisotopic (exact) mass is 238 g/mol. The summed E-state index contributed by atoms with van der Waals surface area (Å²) < 4.78 is 11.0. The van der Waals surface area contributed by atoms with Gasteiger partial charge in [-0.1, -0.05) is 30.3 Å². The first-order valence-electron chi connectivity index (χ1n) is 5.93. The zero-order valence-corrected chi connectivity index (χ0v) is 10.2. The average Bonchev–Trinajstić information content (AvgIpc) is 2.47. The zero-order valence-electron chi connectivity index (χ0n) is 10.2. The van der Waals surface area contributed by atoms with Crippen LogP contribution in [0.25, 0.3) is 11.6 Å². The summed E-state index contributed by atoms with van der Waals surface area (Å²) in [7, 11) is 1.66. The highest BCUT2D eigenvalue weighted by molar-refractivity contribution is 5.85. The number of fused-ring (bicyclic) bond motifs is 1. The van der Waals surface area contributed by atoms with Crippen LogP contribution in [0.2, 0.25) is 0 Å². The largest absolute Gasteiger partial charge is 0.497 e. The van der Waals surface area contributed by atoms with Crippen molar-refractivity contribution in [2.45, 2.75) is 0 Å². The first kappa shape index (κ1) is 10.9. The standard InChI is InChI=1S/C16H14O2/c1-17-15-8-7-13-9-14(11-18-16(13)10-15)12-5-3-2-4-6-12/h2-10H,11H2,1H3. The highest BCUT2D eigenvalue weighted by Crippen LogP contribution is 2.33. The minimum Gasteiger partial charge on any atom is -0.497 e. The Hall–Kier alpha value is -2.22. The van der Waals surface area contributed by atoms with Crippen molar-refractivity contribution in [3.05, 3.63) is 59.7 Å². The number of hydrogen-bond acceptors (Lipinski definition) is 2. The highest BCUT2D eigenvalue weighted by Gasteiger charge is 2.13. The minimum absolute atomic E-state index is 0.601. The summed E-state index contributed by atoms with van der Waals surface area (Å²) in [6.45, 7) is 0.601. The quantitative estimate of drug-likeness (QED) is 0.795. The van der Waals surface area contributed by atoms with E-state index < -0.39 is 0 Å². The van der Waals surface area contributed by atoms with Gasteiger partial charge in [-0.05, 0) is 29.3 Å². The predicted molar refractivity (Wildman–Crippen MR) is 72.8 cm³/mol. The van der Waals surface area contributed by atoms with E-state index in [0.717, 1.165) is 17.1 Å². The summed E-state index contributed by atoms with van der Waals surface area (Å²) in [5.41, 5.74) is 3.51. The van der Waals surface area contributed by atoms with Crippen molar-refractivity contribution in [1.82, 2.24) is 0 Å². The van der Waals surface area contributed by atoms with E-state index in [-0.39, 0.29) is 0 Å². The van der Waals surface area contributed by atoms with Gasteiger partial charge in [-0.25, -0.2) is 0 Å². The van der Waals surface area contributed by atoms with E-state index in [4.69, 9.17) is 9.47 Å². The molecule has 0 fully saturated rings. The molecule has 0 N–H and O–H groups in total. The first-order chi connectivity index (χ1) is 8.86. The molecule has 2 heteroatoms. The summed E-state index contributed by atoms with van der Waals surface area (Å²) in [6.07, 6.45) is 2.17. The SMILES string of the molecule is COc1ccc2c(c1)OCC(c1ccccc1)=C2. The molecule has 2 aromatic carbocycles. The fraction of sp³-hybridized carbons (Fsp3) is 0.125. The Kier molecular flexibility index (Phi) is 2.77. The first-order valence-corrected chi connectivity index (χ1v) is 5.93. The minimum atomic E-state index is 0.601. The molecule has 0 radical (unpaired) electrons. The fourth-order valence-corrected chi connectivity index (χ4v) is 2.09. The molecule has 0 atom stereocenters. The topological polar surface area (TPSA) is 18.5 Å². The van der Waals surface area contributed by atoms with Crippen LogP contribution >= 0.6 is 0 Å². The molecule has 0 saturated carbocycles. The van der Waals surface area contributed by atoms with Crippen LogP contribution in [0, 0.1) is 0 Å². The van der Waals surface area contributed by atoms with E-state index in [1.807, 2.05) is 36.4 Å². The molecule has 1 heterocycles. The van der Waals surface area contributed by atoms with Crippen molar-refractivity contribution in [3.8, 4) is 11.5 Å². The van der Waals surface area contributed by atoms with Gasteiger partial charge in [0.25, 0.3) is 0 Å². The van der Waals surface area contributed by atoms with Crippen LogP contribution in [0.5, 0.6) is 11.5 Å². The highest BCUT2D eigenvalue weighted by atomic mass is 16.5. The summed E-state index contributed by atoms with van der Waals surface area (Å²) in [6, 6.07) is 16.2. The second-order valence-corrected chi connectivity index (χ2v) is 4.23. The van der Waals surface area contributed by atoms with E-state index >= 15 is 0 Å². The Morgan fingerprint density at radius 2 is 1.89 bits per heavy atom. The lowest BCUT2D eigenvalue weighted by molar-refractivity contribution is 0.359. The molecule has 0 unspecified atom stereocenters. The van der Waals surface area contributed by atoms with Crippen LogP contribution in [0.1, 0.15) is 11.1 Å². The molecule has 0 saturated heterocycles. The van der Waals surface area contributed by atoms with E-state index in [2.05, 4.69) is 18.2 Å². The lowest BCUT2D eigenvalue weighted by atomic mass is 10.0. The molecule has 18 heavy (non-hydrogen) atoms. The molecule has 2 aromatic rings. The van der Waals surface area contributed by atoms with Gasteiger partial charge in [0.1, 0.15) is 18.1 Å². The zero-order chi connectivity index (χ0) is 12.4. The molecule has 1 aliphatic rings. The molecular formula is C16H14O2. The second kappa shape index (κ2) is 4.57. The molecule has 0 aliphatic carbocycles. The smallest absolute Gasteiger partial charge is 0.130 e. The number of hydrogen-bond donors (Lipinski definition) is 0. The van der Waals surface area contributed by atoms with Crippen molar-refractivity contribution in [3.63, 3.8) is 0 Å². The van der Waals surface area contributed by atoms with Gasteiger partial charge in [0.05, 0.1) is 7.11 Å². The third kappa shape index (κ3) is 1.97. The Labute approximate surface area is 106 Å². The van der Waals surface area contributed by atoms with Crippen molar-refractivity contribution in [2.24, 2.45) is 0 Å². The normalized spacial score (nSPS) is 13.3. The molecule has 0 amide bonds. The van der Waals surface area contributed by atoms with Crippen LogP contribution < -0.4 is 9.47 Å². The van der Waals surface area contributed by atoms with Crippen LogP contribution in [0.4, 0.5) is 0 Å². The summed E-state index contributed by atoms with van der Waals surface area (Å²) >= 11 is 0. The van der Waals surface area contributed by atoms with Crippen molar-refractivity contribution in [2.75, 3.05) is 13.7 Å². The summed E-state index contributed by atoms with van der Waals surface area (Å²) in [5.74, 6) is 1.71. The predicted octanol–water partition coefficient (Wildman–Crippen LogP) is 3.63. The molecule has 2 nitrogen and oxygen atoms in total. The third-order valence-electron chi connectivity index (χ3n) is 3.08. The van der Waals surface area contributed by atoms with Gasteiger partial charge in [0.15, 0.2) is 0 Å². The van der Waals surface area contributed by atoms with E-state index in [0.29, 0.717) is 6.61 Å². The van der Waals surface area contributed by atoms with Gasteiger partial charge < -0.3 is 9.47 Å². The Balaban J connectivity index is 1.99. The Morgan fingerprint density at radius 1 is 1.06 bits per heavy atom. The summed E-state index contributed by atoms with van der Waals surface area (Å²) in [4.78, 5) is 0. The van der Waals surface area contributed by atoms with Crippen LogP contribution in [-0.2, 0) is 0 Å². The lowest BCUT2D eigenvalue weighted by Crippen LogP contribution is -2.06. The third-order valence-corrected chi connectivity index (χ3v) is 3.08. The fourth-order valence-electron chi connectivity index (χ4n) is 2.09. The maximum absolute atomic E-state index is 5.78. The maximum atomic E-state index is 5.78. The second-order valence-electron chi connectivity index (χ2n) is 4.23. The van der Waals surface area contributed by atoms with E-state index in [9.17, 15) is 0 Å². The molecule has 0 bridgehead atoms. The van der Waals surface area contributed by atoms with Crippen molar-refractivity contribution < 1.29 is 9.47 Å². The van der Waals surface area contributed by atoms with Gasteiger partial charge in [0.2, 0.25) is 0 Å². The number of rotatable bonds is 2. The van der Waals surface area contributed by atoms with E-state index in [1.165, 1.54) is 11.1 Å². The molecular weight excluding hydrogens is 224 g/mol. The van der Waals surface area contributed by atoms with Gasteiger partial charge in [-0.2, -0.15) is 0 Å². The Bertz CT molecular complexity index is 585. The van der Waals surface area contributed by atoms with Gasteiger partial charge in [-0.3, -0.25) is 0 Å². The van der Waals surface area contributed by atoms with Crippen molar-refractivity contribution in [1.29, 1.82) is 0 Å². The van der Waals surface area contributed by atoms with Crippen LogP contribution in [-0.4, -0.2) is 13.7 Å². The number of benzene rings is 2. The molecule has 0 aromatic heterocycles. The van der Waals surface area contributed by atoms with Crippen molar-refractivity contribution >= 4 is 11.6 Å². The lowest BCUT2D eigenvalue weighted by Gasteiger charge is -2.18. The molecule has 1 aliphatic heterocycles.